The van der Waals surface area contributed by atoms with Crippen LogP contribution in [-0.4, -0.2) is 45.8 Å². The molecule has 0 radical (unpaired) electrons. The second-order valence-electron chi connectivity index (χ2n) is 4.38. The van der Waals surface area contributed by atoms with E-state index in [1.54, 1.807) is 12.4 Å². The van der Waals surface area contributed by atoms with Crippen LogP contribution >= 0.6 is 0 Å². The number of imidazole rings is 1. The molecular weight excluding hydrogens is 232 g/mol. The summed E-state index contributed by atoms with van der Waals surface area (Å²) in [5.41, 5.74) is 0. The van der Waals surface area contributed by atoms with E-state index in [2.05, 4.69) is 15.3 Å². The molecule has 0 aromatic carbocycles. The molecule has 1 unspecified atom stereocenters. The van der Waals surface area contributed by atoms with Gasteiger partial charge in [-0.3, -0.25) is 14.5 Å². The number of carbonyl (C=O) groups is 2. The predicted molar refractivity (Wildman–Crippen MR) is 65.7 cm³/mol. The van der Waals surface area contributed by atoms with Crippen molar-refractivity contribution in [2.75, 3.05) is 13.1 Å². The molecule has 0 saturated carbocycles. The van der Waals surface area contributed by atoms with Crippen molar-refractivity contribution >= 4 is 11.8 Å². The van der Waals surface area contributed by atoms with Crippen LogP contribution < -0.4 is 5.32 Å². The predicted octanol–water partition coefficient (Wildman–Crippen LogP) is 0.0793. The van der Waals surface area contributed by atoms with Crippen LogP contribution in [0.1, 0.15) is 25.6 Å². The van der Waals surface area contributed by atoms with Gasteiger partial charge >= 0.3 is 0 Å². The average Bonchev–Trinajstić information content (AvgIpc) is 2.94. The molecular formula is C12H18N4O2. The zero-order valence-corrected chi connectivity index (χ0v) is 10.5. The Kier molecular flexibility index (Phi) is 4.09. The molecule has 2 heterocycles. The monoisotopic (exact) mass is 250 g/mol. The quantitative estimate of drug-likeness (QED) is 0.701. The zero-order chi connectivity index (χ0) is 13.0. The molecule has 0 spiro atoms. The van der Waals surface area contributed by atoms with Crippen LogP contribution in [0, 0.1) is 0 Å². The number of rotatable bonds is 6. The van der Waals surface area contributed by atoms with Crippen LogP contribution in [0.2, 0.25) is 0 Å². The number of hydrogen-bond acceptors (Lipinski definition) is 4. The van der Waals surface area contributed by atoms with Gasteiger partial charge in [-0.15, -0.1) is 0 Å². The number of carbonyl (C=O) groups excluding carboxylic acids is 2. The van der Waals surface area contributed by atoms with Gasteiger partial charge in [-0.2, -0.15) is 0 Å². The standard InChI is InChI=1S/C12H18N4O2/c1-2-7-16-11(17)8-9(12(16)18)13-4-3-10-14-5-6-15-10/h5-6,9,13H,2-4,7-8H2,1H3,(H,14,15). The summed E-state index contributed by atoms with van der Waals surface area (Å²) in [6.07, 6.45) is 5.26. The van der Waals surface area contributed by atoms with Crippen LogP contribution in [0.3, 0.4) is 0 Å². The van der Waals surface area contributed by atoms with Crippen LogP contribution in [-0.2, 0) is 16.0 Å². The minimum Gasteiger partial charge on any atom is -0.349 e. The fourth-order valence-corrected chi connectivity index (χ4v) is 2.10. The minimum absolute atomic E-state index is 0.0719. The van der Waals surface area contributed by atoms with E-state index in [1.807, 2.05) is 6.92 Å². The Balaban J connectivity index is 1.80. The number of amides is 2. The van der Waals surface area contributed by atoms with Gasteiger partial charge in [-0.1, -0.05) is 6.92 Å². The number of imide groups is 1. The molecule has 6 heteroatoms. The van der Waals surface area contributed by atoms with Gasteiger partial charge in [0, 0.05) is 31.9 Å². The molecule has 2 rings (SSSR count). The highest BCUT2D eigenvalue weighted by molar-refractivity contribution is 6.05. The highest BCUT2D eigenvalue weighted by Gasteiger charge is 2.37. The third kappa shape index (κ3) is 2.76. The molecule has 1 aliphatic rings. The maximum atomic E-state index is 11.9. The molecule has 2 N–H and O–H groups in total. The summed E-state index contributed by atoms with van der Waals surface area (Å²) >= 11 is 0. The smallest absolute Gasteiger partial charge is 0.246 e. The van der Waals surface area contributed by atoms with Gasteiger partial charge < -0.3 is 10.3 Å². The molecule has 6 nitrogen and oxygen atoms in total. The van der Waals surface area contributed by atoms with Crippen LogP contribution in [0.15, 0.2) is 12.4 Å². The van der Waals surface area contributed by atoms with Crippen molar-refractivity contribution < 1.29 is 9.59 Å². The number of aromatic nitrogens is 2. The summed E-state index contributed by atoms with van der Waals surface area (Å²) < 4.78 is 0. The zero-order valence-electron chi connectivity index (χ0n) is 10.5. The third-order valence-corrected chi connectivity index (χ3v) is 3.00. The SMILES string of the molecule is CCCN1C(=O)CC(NCCc2ncc[nH]2)C1=O. The van der Waals surface area contributed by atoms with E-state index in [9.17, 15) is 9.59 Å². The van der Waals surface area contributed by atoms with E-state index >= 15 is 0 Å². The lowest BCUT2D eigenvalue weighted by Gasteiger charge is -2.14. The van der Waals surface area contributed by atoms with E-state index < -0.39 is 0 Å². The summed E-state index contributed by atoms with van der Waals surface area (Å²) in [6.45, 7) is 3.11. The Morgan fingerprint density at radius 1 is 1.56 bits per heavy atom. The summed E-state index contributed by atoms with van der Waals surface area (Å²) in [6, 6.07) is -0.362. The third-order valence-electron chi connectivity index (χ3n) is 3.00. The van der Waals surface area contributed by atoms with Crippen molar-refractivity contribution in [3.05, 3.63) is 18.2 Å². The first-order chi connectivity index (χ1) is 8.72. The topological polar surface area (TPSA) is 78.1 Å². The van der Waals surface area contributed by atoms with Gasteiger partial charge in [0.1, 0.15) is 5.82 Å². The Labute approximate surface area is 106 Å². The van der Waals surface area contributed by atoms with Crippen LogP contribution in [0.25, 0.3) is 0 Å². The summed E-state index contributed by atoms with van der Waals surface area (Å²) in [4.78, 5) is 32.0. The first kappa shape index (κ1) is 12.8. The molecule has 1 aromatic heterocycles. The molecule has 18 heavy (non-hydrogen) atoms. The Morgan fingerprint density at radius 3 is 3.06 bits per heavy atom. The Hall–Kier alpha value is -1.69. The summed E-state index contributed by atoms with van der Waals surface area (Å²) in [5.74, 6) is 0.711. The van der Waals surface area contributed by atoms with Gasteiger partial charge in [0.2, 0.25) is 11.8 Å². The van der Waals surface area contributed by atoms with E-state index in [4.69, 9.17) is 0 Å². The van der Waals surface area contributed by atoms with Crippen molar-refractivity contribution in [3.63, 3.8) is 0 Å². The van der Waals surface area contributed by atoms with Crippen molar-refractivity contribution in [2.45, 2.75) is 32.2 Å². The molecule has 1 aliphatic heterocycles. The second-order valence-corrected chi connectivity index (χ2v) is 4.38. The lowest BCUT2D eigenvalue weighted by Crippen LogP contribution is -2.39. The average molecular weight is 250 g/mol. The van der Waals surface area contributed by atoms with Gasteiger partial charge in [0.15, 0.2) is 0 Å². The fraction of sp³-hybridized carbons (Fsp3) is 0.583. The number of likely N-dealkylation sites (tertiary alicyclic amines) is 1. The maximum absolute atomic E-state index is 11.9. The molecule has 1 atom stereocenters. The number of aromatic amines is 1. The van der Waals surface area contributed by atoms with Gasteiger partial charge in [0.05, 0.1) is 12.5 Å². The number of H-pyrrole nitrogens is 1. The lowest BCUT2D eigenvalue weighted by atomic mass is 10.2. The number of nitrogens with zero attached hydrogens (tertiary/aromatic N) is 2. The number of nitrogens with one attached hydrogen (secondary N) is 2. The molecule has 1 saturated heterocycles. The molecule has 1 fully saturated rings. The first-order valence-electron chi connectivity index (χ1n) is 6.28. The molecule has 98 valence electrons. The van der Waals surface area contributed by atoms with Crippen molar-refractivity contribution in [3.8, 4) is 0 Å². The molecule has 0 bridgehead atoms. The van der Waals surface area contributed by atoms with Gasteiger partial charge in [-0.25, -0.2) is 4.98 Å². The van der Waals surface area contributed by atoms with E-state index in [1.165, 1.54) is 4.90 Å². The second kappa shape index (κ2) is 5.77. The maximum Gasteiger partial charge on any atom is 0.246 e. The van der Waals surface area contributed by atoms with Crippen molar-refractivity contribution in [1.82, 2.24) is 20.2 Å². The lowest BCUT2D eigenvalue weighted by molar-refractivity contribution is -0.138. The summed E-state index contributed by atoms with van der Waals surface area (Å²) in [7, 11) is 0. The van der Waals surface area contributed by atoms with E-state index in [-0.39, 0.29) is 24.3 Å². The van der Waals surface area contributed by atoms with Crippen LogP contribution in [0.4, 0.5) is 0 Å². The van der Waals surface area contributed by atoms with Gasteiger partial charge in [-0.05, 0) is 6.42 Å². The highest BCUT2D eigenvalue weighted by Crippen LogP contribution is 2.13. The van der Waals surface area contributed by atoms with Crippen molar-refractivity contribution in [2.24, 2.45) is 0 Å². The van der Waals surface area contributed by atoms with Crippen LogP contribution in [0.5, 0.6) is 0 Å². The Morgan fingerprint density at radius 2 is 2.39 bits per heavy atom. The molecule has 1 aromatic rings. The minimum atomic E-state index is -0.362. The normalized spacial score (nSPS) is 19.8. The largest absolute Gasteiger partial charge is 0.349 e. The highest BCUT2D eigenvalue weighted by atomic mass is 16.2. The molecule has 0 aliphatic carbocycles. The summed E-state index contributed by atoms with van der Waals surface area (Å²) in [5, 5.41) is 3.12. The molecule has 2 amide bonds. The number of hydrogen-bond donors (Lipinski definition) is 2. The van der Waals surface area contributed by atoms with Gasteiger partial charge in [0.25, 0.3) is 0 Å². The van der Waals surface area contributed by atoms with E-state index in [0.717, 1.165) is 18.7 Å². The fourth-order valence-electron chi connectivity index (χ4n) is 2.10. The van der Waals surface area contributed by atoms with E-state index in [0.29, 0.717) is 13.1 Å². The first-order valence-corrected chi connectivity index (χ1v) is 6.28. The Bertz CT molecular complexity index is 416. The van der Waals surface area contributed by atoms with Crippen molar-refractivity contribution in [1.29, 1.82) is 0 Å².